The molecule has 0 aliphatic rings. The fourth-order valence-corrected chi connectivity index (χ4v) is 2.75. The molecule has 0 bridgehead atoms. The molecule has 0 saturated carbocycles. The van der Waals surface area contributed by atoms with Crippen molar-refractivity contribution >= 4 is 5.97 Å². The first-order chi connectivity index (χ1) is 13.7. The van der Waals surface area contributed by atoms with E-state index in [-0.39, 0.29) is 6.61 Å². The fourth-order valence-electron chi connectivity index (χ4n) is 2.75. The smallest absolute Gasteiger partial charge is 0.303 e. The molecule has 0 radical (unpaired) electrons. The lowest BCUT2D eigenvalue weighted by Gasteiger charge is -2.02. The number of aliphatic carboxylic acids is 1. The molecule has 28 heavy (non-hydrogen) atoms. The normalized spacial score (nSPS) is 11.1. The molecule has 0 aliphatic heterocycles. The van der Waals surface area contributed by atoms with E-state index in [1.807, 2.05) is 19.1 Å². The fraction of sp³-hybridized carbons (Fsp3) is 0.792. The molecule has 0 heterocycles. The van der Waals surface area contributed by atoms with Gasteiger partial charge in [-0.25, -0.2) is 0 Å². The van der Waals surface area contributed by atoms with E-state index >= 15 is 0 Å². The summed E-state index contributed by atoms with van der Waals surface area (Å²) in [6.45, 7) is 5.70. The number of rotatable bonds is 19. The maximum absolute atomic E-state index is 10.3. The summed E-state index contributed by atoms with van der Waals surface area (Å²) in [5.74, 6) is -0.655. The van der Waals surface area contributed by atoms with Gasteiger partial charge in [-0.15, -0.1) is 0 Å². The van der Waals surface area contributed by atoms with Gasteiger partial charge in [-0.2, -0.15) is 0 Å². The highest BCUT2D eigenvalue weighted by Gasteiger charge is 1.96. The highest BCUT2D eigenvalue weighted by Crippen LogP contribution is 2.12. The van der Waals surface area contributed by atoms with Crippen molar-refractivity contribution in [1.29, 1.82) is 0 Å². The zero-order valence-corrected chi connectivity index (χ0v) is 18.5. The van der Waals surface area contributed by atoms with Crippen LogP contribution in [-0.4, -0.2) is 36.0 Å². The van der Waals surface area contributed by atoms with Gasteiger partial charge < -0.3 is 14.9 Å². The third kappa shape index (κ3) is 32.5. The summed E-state index contributed by atoms with van der Waals surface area (Å²) in [4.78, 5) is 10.3. The molecule has 0 amide bonds. The van der Waals surface area contributed by atoms with Gasteiger partial charge in [-0.3, -0.25) is 4.79 Å². The van der Waals surface area contributed by atoms with Gasteiger partial charge in [0, 0.05) is 13.0 Å². The molecule has 4 heteroatoms. The second-order valence-electron chi connectivity index (χ2n) is 7.08. The van der Waals surface area contributed by atoms with Crippen LogP contribution in [0.4, 0.5) is 0 Å². The predicted octanol–water partition coefficient (Wildman–Crippen LogP) is 6.68. The van der Waals surface area contributed by atoms with Crippen molar-refractivity contribution in [2.45, 2.75) is 104 Å². The van der Waals surface area contributed by atoms with Crippen LogP contribution >= 0.6 is 0 Å². The highest BCUT2D eigenvalue weighted by molar-refractivity contribution is 5.66. The van der Waals surface area contributed by atoms with E-state index in [0.29, 0.717) is 13.0 Å². The minimum atomic E-state index is -0.655. The lowest BCUT2D eigenvalue weighted by atomic mass is 10.0. The number of aliphatic hydroxyl groups excluding tert-OH is 1. The van der Waals surface area contributed by atoms with Crippen LogP contribution < -0.4 is 0 Å². The molecule has 0 fully saturated rings. The van der Waals surface area contributed by atoms with Gasteiger partial charge >= 0.3 is 5.97 Å². The second-order valence-corrected chi connectivity index (χ2v) is 7.08. The first-order valence-electron chi connectivity index (χ1n) is 11.4. The molecular formula is C24H46O4. The van der Waals surface area contributed by atoms with Gasteiger partial charge in [-0.1, -0.05) is 108 Å². The van der Waals surface area contributed by atoms with Gasteiger partial charge in [0.15, 0.2) is 0 Å². The molecule has 0 spiro atoms. The van der Waals surface area contributed by atoms with E-state index in [0.717, 1.165) is 19.4 Å². The Kier molecular flexibility index (Phi) is 29.2. The van der Waals surface area contributed by atoms with E-state index in [9.17, 15) is 4.79 Å². The maximum atomic E-state index is 10.3. The third-order valence-corrected chi connectivity index (χ3v) is 4.40. The number of hydrogen-bond acceptors (Lipinski definition) is 3. The predicted molar refractivity (Wildman–Crippen MR) is 120 cm³/mol. The van der Waals surface area contributed by atoms with Crippen LogP contribution in [0, 0.1) is 0 Å². The Morgan fingerprint density at radius 3 is 1.64 bits per heavy atom. The lowest BCUT2D eigenvalue weighted by molar-refractivity contribution is -0.137. The van der Waals surface area contributed by atoms with Crippen LogP contribution in [0.25, 0.3) is 0 Å². The molecule has 0 aliphatic carbocycles. The van der Waals surface area contributed by atoms with Crippen molar-refractivity contribution in [3.05, 3.63) is 24.3 Å². The molecule has 0 aromatic carbocycles. The Hall–Kier alpha value is -1.13. The summed E-state index contributed by atoms with van der Waals surface area (Å²) in [6, 6.07) is 0. The zero-order chi connectivity index (χ0) is 21.1. The lowest BCUT2D eigenvalue weighted by Crippen LogP contribution is -1.93. The van der Waals surface area contributed by atoms with Crippen molar-refractivity contribution in [3.63, 3.8) is 0 Å². The van der Waals surface area contributed by atoms with Crippen molar-refractivity contribution in [3.8, 4) is 0 Å². The van der Waals surface area contributed by atoms with Gasteiger partial charge in [-0.05, 0) is 13.3 Å². The van der Waals surface area contributed by atoms with E-state index in [4.69, 9.17) is 14.9 Å². The highest BCUT2D eigenvalue weighted by atomic mass is 16.5. The molecule has 0 atom stereocenters. The van der Waals surface area contributed by atoms with Gasteiger partial charge in [0.2, 0.25) is 0 Å². The second kappa shape index (κ2) is 28.1. The number of carboxylic acids is 1. The largest absolute Gasteiger partial charge is 0.481 e. The summed E-state index contributed by atoms with van der Waals surface area (Å²) < 4.78 is 5.03. The standard InChI is InChI=1S/C16H32O2.C8H14O2/c1-2-3-4-5-6-7-8-9-10-11-12-13-14-15-16(17)18;1-2-10-8-6-4-3-5-7-9/h2-15H2,1H3,(H,17,18);3-6,9H,2,7-8H2,1H3/b;5-3+,6-4+. The molecule has 0 saturated heterocycles. The van der Waals surface area contributed by atoms with E-state index in [1.54, 1.807) is 12.2 Å². The van der Waals surface area contributed by atoms with Crippen molar-refractivity contribution in [1.82, 2.24) is 0 Å². The Morgan fingerprint density at radius 1 is 0.750 bits per heavy atom. The maximum Gasteiger partial charge on any atom is 0.303 e. The molecule has 0 aromatic heterocycles. The van der Waals surface area contributed by atoms with Crippen molar-refractivity contribution in [2.24, 2.45) is 0 Å². The van der Waals surface area contributed by atoms with Gasteiger partial charge in [0.05, 0.1) is 13.2 Å². The van der Waals surface area contributed by atoms with Gasteiger partial charge in [0.1, 0.15) is 0 Å². The van der Waals surface area contributed by atoms with Crippen molar-refractivity contribution in [2.75, 3.05) is 19.8 Å². The number of hydrogen-bond donors (Lipinski definition) is 2. The molecule has 0 rings (SSSR count). The summed E-state index contributed by atoms with van der Waals surface area (Å²) in [6.07, 6.45) is 24.5. The Morgan fingerprint density at radius 2 is 1.21 bits per heavy atom. The third-order valence-electron chi connectivity index (χ3n) is 4.40. The summed E-state index contributed by atoms with van der Waals surface area (Å²) >= 11 is 0. The topological polar surface area (TPSA) is 66.8 Å². The quantitative estimate of drug-likeness (QED) is 0.188. The average Bonchev–Trinajstić information content (AvgIpc) is 2.68. The van der Waals surface area contributed by atoms with Crippen LogP contribution in [-0.2, 0) is 9.53 Å². The van der Waals surface area contributed by atoms with E-state index in [1.165, 1.54) is 70.6 Å². The minimum Gasteiger partial charge on any atom is -0.481 e. The minimum absolute atomic E-state index is 0.0962. The molecule has 2 N–H and O–H groups in total. The van der Waals surface area contributed by atoms with Crippen LogP contribution in [0.5, 0.6) is 0 Å². The zero-order valence-electron chi connectivity index (χ0n) is 18.5. The SMILES string of the molecule is CCCCCCCCCCCCCCCC(=O)O.CCOC/C=C/C=C/CO. The number of allylic oxidation sites excluding steroid dienone is 2. The monoisotopic (exact) mass is 398 g/mol. The Labute approximate surface area is 174 Å². The average molecular weight is 399 g/mol. The molecular weight excluding hydrogens is 352 g/mol. The number of carbonyl (C=O) groups is 1. The molecule has 4 nitrogen and oxygen atoms in total. The number of aliphatic hydroxyl groups is 1. The number of carboxylic acid groups (broad SMARTS) is 1. The molecule has 166 valence electrons. The summed E-state index contributed by atoms with van der Waals surface area (Å²) in [5.41, 5.74) is 0. The Balaban J connectivity index is 0. The van der Waals surface area contributed by atoms with Gasteiger partial charge in [0.25, 0.3) is 0 Å². The van der Waals surface area contributed by atoms with Crippen molar-refractivity contribution < 1.29 is 19.7 Å². The first-order valence-corrected chi connectivity index (χ1v) is 11.4. The van der Waals surface area contributed by atoms with Crippen LogP contribution in [0.2, 0.25) is 0 Å². The molecule has 0 unspecified atom stereocenters. The Bertz CT molecular complexity index is 351. The summed E-state index contributed by atoms with van der Waals surface area (Å²) in [7, 11) is 0. The number of unbranched alkanes of at least 4 members (excludes halogenated alkanes) is 12. The van der Waals surface area contributed by atoms with Crippen LogP contribution in [0.15, 0.2) is 24.3 Å². The van der Waals surface area contributed by atoms with Crippen LogP contribution in [0.1, 0.15) is 104 Å². The first kappa shape index (κ1) is 29.1. The van der Waals surface area contributed by atoms with E-state index < -0.39 is 5.97 Å². The van der Waals surface area contributed by atoms with E-state index in [2.05, 4.69) is 6.92 Å². The van der Waals surface area contributed by atoms with Crippen LogP contribution in [0.3, 0.4) is 0 Å². The summed E-state index contributed by atoms with van der Waals surface area (Å²) in [5, 5.41) is 16.8. The molecule has 0 aromatic rings. The number of ether oxygens (including phenoxy) is 1.